The molecule has 4 rings (SSSR count). The van der Waals surface area contributed by atoms with Crippen molar-refractivity contribution >= 4 is 23.5 Å². The lowest BCUT2D eigenvalue weighted by atomic mass is 9.88. The SMILES string of the molecule is C[C@@H]1C(=O)NCCN1C(=O)N[C@@H](c1ccc(F)c(Cl)c1)C1C[C@@H]2[C@H](C1)C2(F)F. The summed E-state index contributed by atoms with van der Waals surface area (Å²) in [5.41, 5.74) is 0.573. The van der Waals surface area contributed by atoms with Crippen LogP contribution in [0.15, 0.2) is 18.2 Å². The Kier molecular flexibility index (Phi) is 4.72. The van der Waals surface area contributed by atoms with Crippen molar-refractivity contribution in [2.75, 3.05) is 13.1 Å². The van der Waals surface area contributed by atoms with Crippen molar-refractivity contribution in [2.45, 2.75) is 37.8 Å². The van der Waals surface area contributed by atoms with E-state index in [0.717, 1.165) is 0 Å². The van der Waals surface area contributed by atoms with Gasteiger partial charge in [0.1, 0.15) is 11.9 Å². The predicted molar refractivity (Wildman–Crippen MR) is 96.5 cm³/mol. The van der Waals surface area contributed by atoms with Crippen LogP contribution in [-0.4, -0.2) is 41.9 Å². The monoisotopic (exact) mass is 415 g/mol. The molecule has 2 aliphatic carbocycles. The number of nitrogens with zero attached hydrogens (tertiary/aromatic N) is 1. The summed E-state index contributed by atoms with van der Waals surface area (Å²) in [6, 6.07) is 2.49. The highest BCUT2D eigenvalue weighted by molar-refractivity contribution is 6.30. The van der Waals surface area contributed by atoms with Gasteiger partial charge >= 0.3 is 6.03 Å². The van der Waals surface area contributed by atoms with Gasteiger partial charge in [-0.1, -0.05) is 17.7 Å². The number of alkyl halides is 2. The summed E-state index contributed by atoms with van der Waals surface area (Å²) in [4.78, 5) is 26.1. The molecular weight excluding hydrogens is 395 g/mol. The van der Waals surface area contributed by atoms with Crippen molar-refractivity contribution in [3.63, 3.8) is 0 Å². The summed E-state index contributed by atoms with van der Waals surface area (Å²) in [7, 11) is 0. The first-order valence-corrected chi connectivity index (χ1v) is 9.75. The lowest BCUT2D eigenvalue weighted by Gasteiger charge is -2.35. The molecule has 1 saturated heterocycles. The molecular formula is C19H21ClF3N3O2. The van der Waals surface area contributed by atoms with Crippen LogP contribution in [0.1, 0.15) is 31.4 Å². The summed E-state index contributed by atoms with van der Waals surface area (Å²) in [5.74, 6) is -4.97. The molecule has 0 spiro atoms. The molecule has 2 N–H and O–H groups in total. The molecule has 2 saturated carbocycles. The van der Waals surface area contributed by atoms with Crippen LogP contribution in [0.5, 0.6) is 0 Å². The van der Waals surface area contributed by atoms with E-state index in [9.17, 15) is 22.8 Å². The Labute approximate surface area is 165 Å². The van der Waals surface area contributed by atoms with Gasteiger partial charge in [0.25, 0.3) is 5.92 Å². The standard InChI is InChI=1S/C19H21ClF3N3O2/c1-9-17(27)24-4-5-26(9)18(28)25-16(10-2-3-15(21)14(20)8-10)11-6-12-13(7-11)19(12,22)23/h2-3,8-9,11-13,16H,4-7H2,1H3,(H,24,27)(H,25,28)/t9-,11?,12-,13+,16+/m1/s1. The second-order valence-corrected chi connectivity index (χ2v) is 8.29. The Balaban J connectivity index is 1.56. The number of halogens is 4. The van der Waals surface area contributed by atoms with Crippen LogP contribution in [-0.2, 0) is 4.79 Å². The average Bonchev–Trinajstić information content (AvgIpc) is 2.99. The van der Waals surface area contributed by atoms with Crippen molar-refractivity contribution in [1.82, 2.24) is 15.5 Å². The number of urea groups is 1. The summed E-state index contributed by atoms with van der Waals surface area (Å²) < 4.78 is 40.9. The molecule has 0 bridgehead atoms. The molecule has 9 heteroatoms. The van der Waals surface area contributed by atoms with E-state index < -0.39 is 41.7 Å². The van der Waals surface area contributed by atoms with E-state index in [1.165, 1.54) is 23.1 Å². The van der Waals surface area contributed by atoms with E-state index in [2.05, 4.69) is 10.6 Å². The van der Waals surface area contributed by atoms with Gasteiger partial charge in [-0.2, -0.15) is 0 Å². The second kappa shape index (κ2) is 6.83. The molecule has 28 heavy (non-hydrogen) atoms. The van der Waals surface area contributed by atoms with Crippen LogP contribution in [0.2, 0.25) is 5.02 Å². The number of rotatable bonds is 3. The zero-order valence-corrected chi connectivity index (χ0v) is 16.0. The fraction of sp³-hybridized carbons (Fsp3) is 0.579. The minimum atomic E-state index is -2.62. The van der Waals surface area contributed by atoms with Crippen molar-refractivity contribution in [1.29, 1.82) is 0 Å². The van der Waals surface area contributed by atoms with Gasteiger partial charge in [-0.25, -0.2) is 18.0 Å². The smallest absolute Gasteiger partial charge is 0.318 e. The average molecular weight is 416 g/mol. The number of fused-ring (bicyclic) bond motifs is 1. The van der Waals surface area contributed by atoms with E-state index in [1.807, 2.05) is 0 Å². The van der Waals surface area contributed by atoms with Crippen LogP contribution in [0.4, 0.5) is 18.0 Å². The van der Waals surface area contributed by atoms with Gasteiger partial charge in [0, 0.05) is 24.9 Å². The molecule has 5 nitrogen and oxygen atoms in total. The van der Waals surface area contributed by atoms with Gasteiger partial charge in [-0.05, 0) is 43.4 Å². The van der Waals surface area contributed by atoms with Crippen LogP contribution in [0, 0.1) is 23.6 Å². The van der Waals surface area contributed by atoms with Crippen molar-refractivity contribution in [3.05, 3.63) is 34.6 Å². The largest absolute Gasteiger partial charge is 0.353 e. The lowest BCUT2D eigenvalue weighted by Crippen LogP contribution is -2.58. The maximum atomic E-state index is 13.6. The summed E-state index contributed by atoms with van der Waals surface area (Å²) in [6.07, 6.45) is 0.571. The van der Waals surface area contributed by atoms with Gasteiger partial charge in [0.05, 0.1) is 11.1 Å². The van der Waals surface area contributed by atoms with E-state index in [0.29, 0.717) is 18.7 Å². The van der Waals surface area contributed by atoms with Crippen LogP contribution in [0.3, 0.4) is 0 Å². The third-order valence-electron chi connectivity index (χ3n) is 6.29. The zero-order chi connectivity index (χ0) is 20.2. The third-order valence-corrected chi connectivity index (χ3v) is 6.58. The maximum absolute atomic E-state index is 13.6. The summed E-state index contributed by atoms with van der Waals surface area (Å²) in [6.45, 7) is 2.33. The first kappa shape index (κ1) is 19.4. The molecule has 5 atom stereocenters. The molecule has 3 amide bonds. The molecule has 152 valence electrons. The number of hydrogen-bond donors (Lipinski definition) is 2. The Morgan fingerprint density at radius 1 is 1.36 bits per heavy atom. The Hall–Kier alpha value is -1.96. The van der Waals surface area contributed by atoms with E-state index >= 15 is 0 Å². The molecule has 0 aromatic heterocycles. The predicted octanol–water partition coefficient (Wildman–Crippen LogP) is 3.34. The molecule has 1 aromatic rings. The highest BCUT2D eigenvalue weighted by atomic mass is 35.5. The summed E-state index contributed by atoms with van der Waals surface area (Å²) >= 11 is 5.90. The molecule has 1 aliphatic heterocycles. The lowest BCUT2D eigenvalue weighted by molar-refractivity contribution is -0.126. The Bertz CT molecular complexity index is 808. The fourth-order valence-corrected chi connectivity index (χ4v) is 4.77. The first-order valence-electron chi connectivity index (χ1n) is 9.37. The molecule has 1 aromatic carbocycles. The highest BCUT2D eigenvalue weighted by Gasteiger charge is 2.72. The zero-order valence-electron chi connectivity index (χ0n) is 15.2. The number of piperazine rings is 1. The summed E-state index contributed by atoms with van der Waals surface area (Å²) in [5, 5.41) is 5.49. The number of nitrogens with one attached hydrogen (secondary N) is 2. The van der Waals surface area contributed by atoms with Crippen LogP contribution < -0.4 is 10.6 Å². The van der Waals surface area contributed by atoms with Gasteiger partial charge in [-0.15, -0.1) is 0 Å². The Morgan fingerprint density at radius 2 is 2.04 bits per heavy atom. The Morgan fingerprint density at radius 3 is 2.68 bits per heavy atom. The maximum Gasteiger partial charge on any atom is 0.318 e. The second-order valence-electron chi connectivity index (χ2n) is 7.88. The molecule has 1 heterocycles. The molecule has 1 unspecified atom stereocenters. The number of benzene rings is 1. The van der Waals surface area contributed by atoms with E-state index in [1.54, 1.807) is 6.92 Å². The molecule has 0 radical (unpaired) electrons. The minimum Gasteiger partial charge on any atom is -0.353 e. The number of amides is 3. The van der Waals surface area contributed by atoms with Crippen LogP contribution in [0.25, 0.3) is 0 Å². The van der Waals surface area contributed by atoms with Crippen LogP contribution >= 0.6 is 11.6 Å². The van der Waals surface area contributed by atoms with Crippen molar-refractivity contribution in [3.8, 4) is 0 Å². The topological polar surface area (TPSA) is 61.4 Å². The highest BCUT2D eigenvalue weighted by Crippen LogP contribution is 2.67. The third kappa shape index (κ3) is 3.21. The minimum absolute atomic E-state index is 0.0871. The normalized spacial score (nSPS) is 31.8. The quantitative estimate of drug-likeness (QED) is 0.795. The first-order chi connectivity index (χ1) is 13.2. The number of carbonyl (C=O) groups is 2. The van der Waals surface area contributed by atoms with E-state index in [-0.39, 0.29) is 29.7 Å². The van der Waals surface area contributed by atoms with E-state index in [4.69, 9.17) is 11.6 Å². The van der Waals surface area contributed by atoms with Gasteiger partial charge < -0.3 is 15.5 Å². The van der Waals surface area contributed by atoms with Gasteiger partial charge in [0.2, 0.25) is 5.91 Å². The molecule has 3 aliphatic rings. The molecule has 3 fully saturated rings. The number of carbonyl (C=O) groups excluding carboxylic acids is 2. The van der Waals surface area contributed by atoms with Gasteiger partial charge in [0.15, 0.2) is 0 Å². The number of hydrogen-bond acceptors (Lipinski definition) is 2. The van der Waals surface area contributed by atoms with Gasteiger partial charge in [-0.3, -0.25) is 4.79 Å². The van der Waals surface area contributed by atoms with Crippen molar-refractivity contribution < 1.29 is 22.8 Å². The fourth-order valence-electron chi connectivity index (χ4n) is 4.58. The van der Waals surface area contributed by atoms with Crippen molar-refractivity contribution in [2.24, 2.45) is 17.8 Å².